The quantitative estimate of drug-likeness (QED) is 0.149. The van der Waals surface area contributed by atoms with E-state index in [-0.39, 0.29) is 0 Å². The highest BCUT2D eigenvalue weighted by Gasteiger charge is 2.54. The van der Waals surface area contributed by atoms with Gasteiger partial charge >= 0.3 is 5.97 Å². The van der Waals surface area contributed by atoms with Gasteiger partial charge in [-0.1, -0.05) is 0 Å². The van der Waals surface area contributed by atoms with E-state index in [2.05, 4.69) is 0 Å². The maximum absolute atomic E-state index is 11.1. The van der Waals surface area contributed by atoms with Crippen molar-refractivity contribution in [3.05, 3.63) is 0 Å². The van der Waals surface area contributed by atoms with Crippen LogP contribution in [-0.4, -0.2) is 167 Å². The van der Waals surface area contributed by atoms with E-state index in [1.165, 1.54) is 0 Å². The second-order valence-electron chi connectivity index (χ2n) is 8.37. The molecular formula is C18H30O17. The molecule has 1 unspecified atom stereocenters. The molecule has 3 aliphatic heterocycles. The van der Waals surface area contributed by atoms with Crippen molar-refractivity contribution in [1.29, 1.82) is 0 Å². The summed E-state index contributed by atoms with van der Waals surface area (Å²) in [5, 5.41) is 109. The molecule has 35 heavy (non-hydrogen) atoms. The number of carboxylic acids is 1. The second-order valence-corrected chi connectivity index (χ2v) is 8.37. The molecule has 0 amide bonds. The fraction of sp³-hybridized carbons (Fsp3) is 0.944. The first-order valence-corrected chi connectivity index (χ1v) is 10.6. The lowest BCUT2D eigenvalue weighted by atomic mass is 9.96. The lowest BCUT2D eigenvalue weighted by molar-refractivity contribution is -0.389. The number of carbonyl (C=O) groups is 1. The first kappa shape index (κ1) is 28.4. The van der Waals surface area contributed by atoms with E-state index in [1.807, 2.05) is 0 Å². The molecule has 0 aromatic rings. The molecule has 204 valence electrons. The molecule has 3 saturated heterocycles. The summed E-state index contributed by atoms with van der Waals surface area (Å²) in [5.74, 6) is -1.69. The minimum atomic E-state index is -2.14. The Balaban J connectivity index is 1.83. The van der Waals surface area contributed by atoms with E-state index in [4.69, 9.17) is 28.8 Å². The molecule has 3 fully saturated rings. The van der Waals surface area contributed by atoms with Crippen LogP contribution >= 0.6 is 0 Å². The fourth-order valence-corrected chi connectivity index (χ4v) is 4.00. The molecule has 17 nitrogen and oxygen atoms in total. The molecule has 3 rings (SSSR count). The first-order valence-electron chi connectivity index (χ1n) is 10.6. The van der Waals surface area contributed by atoms with Crippen molar-refractivity contribution in [2.45, 2.75) is 92.1 Å². The molecule has 3 aliphatic rings. The summed E-state index contributed by atoms with van der Waals surface area (Å²) in [6.45, 7) is -1.65. The Morgan fingerprint density at radius 1 is 0.600 bits per heavy atom. The van der Waals surface area contributed by atoms with Gasteiger partial charge in [0.15, 0.2) is 25.0 Å². The van der Waals surface area contributed by atoms with Crippen LogP contribution in [-0.2, 0) is 28.5 Å². The predicted molar refractivity (Wildman–Crippen MR) is 102 cm³/mol. The Kier molecular flexibility index (Phi) is 9.35. The Hall–Kier alpha value is -1.13. The highest BCUT2D eigenvalue weighted by Crippen LogP contribution is 2.32. The summed E-state index contributed by atoms with van der Waals surface area (Å²) in [6.07, 6.45) is -27.9. The van der Waals surface area contributed by atoms with Crippen LogP contribution in [0.2, 0.25) is 0 Å². The van der Waals surface area contributed by atoms with Gasteiger partial charge in [0.25, 0.3) is 0 Å². The maximum atomic E-state index is 11.1. The first-order chi connectivity index (χ1) is 16.4. The normalized spacial score (nSPS) is 51.2. The molecule has 0 spiro atoms. The summed E-state index contributed by atoms with van der Waals surface area (Å²) in [6, 6.07) is 0. The molecule has 11 N–H and O–H groups in total. The van der Waals surface area contributed by atoms with Gasteiger partial charge in [-0.25, -0.2) is 4.79 Å². The summed E-state index contributed by atoms with van der Waals surface area (Å²) in [7, 11) is 0. The van der Waals surface area contributed by atoms with Gasteiger partial charge in [-0.2, -0.15) is 0 Å². The van der Waals surface area contributed by atoms with Crippen molar-refractivity contribution in [1.82, 2.24) is 0 Å². The van der Waals surface area contributed by atoms with Gasteiger partial charge in [-0.05, 0) is 0 Å². The van der Waals surface area contributed by atoms with Crippen LogP contribution in [0.15, 0.2) is 0 Å². The van der Waals surface area contributed by atoms with Crippen molar-refractivity contribution < 1.29 is 84.7 Å². The van der Waals surface area contributed by atoms with E-state index in [0.29, 0.717) is 0 Å². The third-order valence-electron chi connectivity index (χ3n) is 6.06. The van der Waals surface area contributed by atoms with Gasteiger partial charge in [0.05, 0.1) is 13.2 Å². The zero-order chi connectivity index (χ0) is 26.2. The van der Waals surface area contributed by atoms with Crippen molar-refractivity contribution in [2.24, 2.45) is 0 Å². The number of aliphatic hydroxyl groups is 10. The highest BCUT2D eigenvalue weighted by molar-refractivity contribution is 5.73. The predicted octanol–water partition coefficient (Wildman–Crippen LogP) is -7.48. The van der Waals surface area contributed by atoms with Crippen LogP contribution in [0.3, 0.4) is 0 Å². The molecule has 15 atom stereocenters. The molecule has 0 saturated carbocycles. The van der Waals surface area contributed by atoms with Crippen LogP contribution in [0, 0.1) is 0 Å². The third-order valence-corrected chi connectivity index (χ3v) is 6.06. The molecule has 0 aromatic carbocycles. The average molecular weight is 518 g/mol. The van der Waals surface area contributed by atoms with E-state index >= 15 is 0 Å². The number of carboxylic acid groups (broad SMARTS) is 1. The van der Waals surface area contributed by atoms with Gasteiger partial charge in [0.2, 0.25) is 0 Å². The van der Waals surface area contributed by atoms with Crippen molar-refractivity contribution in [3.8, 4) is 0 Å². The van der Waals surface area contributed by atoms with E-state index in [0.717, 1.165) is 0 Å². The average Bonchev–Trinajstić information content (AvgIpc) is 2.82. The number of hydrogen-bond donors (Lipinski definition) is 11. The number of hydrogen-bond acceptors (Lipinski definition) is 16. The SMILES string of the molecule is O=C(O)[C@H]1OC(O)[C@H](O[C@@H]2O[C@H](CO)[C@H](O)[C@H](O)[C@H]2O[C@@H]2O[C@H](CO)[C@@H](O)[C@H](O)[C@H]2O)[C@@H](O)[C@@H]1O. The molecular weight excluding hydrogens is 488 g/mol. The summed E-state index contributed by atoms with van der Waals surface area (Å²) in [5.41, 5.74) is 0. The molecule has 0 aliphatic carbocycles. The molecule has 0 radical (unpaired) electrons. The smallest absolute Gasteiger partial charge is 0.335 e. The van der Waals surface area contributed by atoms with Gasteiger partial charge in [0.1, 0.15) is 67.1 Å². The van der Waals surface area contributed by atoms with Gasteiger partial charge < -0.3 is 79.9 Å². The summed E-state index contributed by atoms with van der Waals surface area (Å²) in [4.78, 5) is 11.1. The van der Waals surface area contributed by atoms with Crippen molar-refractivity contribution in [3.63, 3.8) is 0 Å². The Morgan fingerprint density at radius 3 is 1.63 bits per heavy atom. The molecule has 0 bridgehead atoms. The lowest BCUT2D eigenvalue weighted by Crippen LogP contribution is -2.67. The van der Waals surface area contributed by atoms with Crippen LogP contribution < -0.4 is 0 Å². The topological polar surface area (TPSA) is 286 Å². The van der Waals surface area contributed by atoms with E-state index < -0.39 is 111 Å². The Morgan fingerprint density at radius 2 is 1.09 bits per heavy atom. The standard InChI is InChI=1S/C18H30O17/c19-1-3-5(21)7(23)11(27)17(31-3)35-14-8(24)6(22)4(2-20)32-18(14)34-13-10(26)9(25)12(15(28)29)33-16(13)30/h3-14,16-27,30H,1-2H2,(H,28,29)/t3-,4-,5-,6+,7+,8+,9+,10+,11-,12+,13-,14-,16?,17+,18+/m1/s1. The summed E-state index contributed by atoms with van der Waals surface area (Å²) >= 11 is 0. The number of rotatable bonds is 7. The monoisotopic (exact) mass is 518 g/mol. The van der Waals surface area contributed by atoms with E-state index in [9.17, 15) is 55.9 Å². The fourth-order valence-electron chi connectivity index (χ4n) is 4.00. The van der Waals surface area contributed by atoms with Crippen LogP contribution in [0.5, 0.6) is 0 Å². The molecule has 3 heterocycles. The number of ether oxygens (including phenoxy) is 5. The Labute approximate surface area is 196 Å². The second kappa shape index (κ2) is 11.5. The molecule has 0 aromatic heterocycles. The summed E-state index contributed by atoms with van der Waals surface area (Å²) < 4.78 is 26.1. The maximum Gasteiger partial charge on any atom is 0.335 e. The largest absolute Gasteiger partial charge is 0.479 e. The number of aliphatic hydroxyl groups excluding tert-OH is 10. The van der Waals surface area contributed by atoms with Crippen molar-refractivity contribution >= 4 is 5.97 Å². The van der Waals surface area contributed by atoms with Gasteiger partial charge in [-0.3, -0.25) is 0 Å². The highest BCUT2D eigenvalue weighted by atomic mass is 16.8. The lowest BCUT2D eigenvalue weighted by Gasteiger charge is -2.47. The minimum absolute atomic E-state index is 0.801. The van der Waals surface area contributed by atoms with Gasteiger partial charge in [0, 0.05) is 0 Å². The third kappa shape index (κ3) is 5.59. The van der Waals surface area contributed by atoms with Crippen LogP contribution in [0.4, 0.5) is 0 Å². The minimum Gasteiger partial charge on any atom is -0.479 e. The van der Waals surface area contributed by atoms with E-state index in [1.54, 1.807) is 0 Å². The van der Waals surface area contributed by atoms with Crippen LogP contribution in [0.1, 0.15) is 0 Å². The van der Waals surface area contributed by atoms with Crippen LogP contribution in [0.25, 0.3) is 0 Å². The van der Waals surface area contributed by atoms with Gasteiger partial charge in [-0.15, -0.1) is 0 Å². The number of aliphatic carboxylic acids is 1. The Bertz CT molecular complexity index is 709. The van der Waals surface area contributed by atoms with Crippen molar-refractivity contribution in [2.75, 3.05) is 13.2 Å². The zero-order valence-corrected chi connectivity index (χ0v) is 17.9. The molecule has 17 heteroatoms. The zero-order valence-electron chi connectivity index (χ0n) is 17.9.